The van der Waals surface area contributed by atoms with Crippen molar-refractivity contribution in [3.63, 3.8) is 0 Å². The van der Waals surface area contributed by atoms with Gasteiger partial charge in [-0.25, -0.2) is 0 Å². The Bertz CT molecular complexity index is 158. The fourth-order valence-electron chi connectivity index (χ4n) is 1.51. The molecule has 0 N–H and O–H groups in total. The van der Waals surface area contributed by atoms with Crippen LogP contribution in [0.4, 0.5) is 0 Å². The van der Waals surface area contributed by atoms with Gasteiger partial charge in [0.15, 0.2) is 0 Å². The van der Waals surface area contributed by atoms with Crippen molar-refractivity contribution in [3.05, 3.63) is 9.21 Å². The van der Waals surface area contributed by atoms with E-state index in [1.165, 1.54) is 0 Å². The number of rotatable bonds is 1. The van der Waals surface area contributed by atoms with Gasteiger partial charge in [0.1, 0.15) is 0 Å². The summed E-state index contributed by atoms with van der Waals surface area (Å²) in [6.07, 6.45) is 2.45. The van der Waals surface area contributed by atoms with Crippen molar-refractivity contribution in [2.75, 3.05) is 0 Å². The molecule has 1 heteroatoms. The second-order valence-electron chi connectivity index (χ2n) is 4.53. The molecule has 0 aliphatic heterocycles. The molecule has 0 amide bonds. The zero-order valence-electron chi connectivity index (χ0n) is 7.08. The van der Waals surface area contributed by atoms with Gasteiger partial charge in [-0.05, 0) is 0 Å². The van der Waals surface area contributed by atoms with Gasteiger partial charge in [-0.1, -0.05) is 0 Å². The van der Waals surface area contributed by atoms with Crippen LogP contribution in [-0.2, 0) is 0 Å². The van der Waals surface area contributed by atoms with Crippen LogP contribution in [0, 0.1) is 5.41 Å². The zero-order valence-corrected chi connectivity index (χ0v) is 11.0. The molecule has 9 heavy (non-hydrogen) atoms. The van der Waals surface area contributed by atoms with Gasteiger partial charge >= 0.3 is 63.1 Å². The first-order valence-corrected chi connectivity index (χ1v) is 17.2. The summed E-state index contributed by atoms with van der Waals surface area (Å²) < 4.78 is 9.31. The van der Waals surface area contributed by atoms with E-state index in [1.54, 1.807) is 0 Å². The number of allylic oxidation sites excluding steroid dienone is 2. The molecule has 0 atom stereocenters. The van der Waals surface area contributed by atoms with Crippen LogP contribution in [0.5, 0.6) is 0 Å². The number of hydrogen-bond acceptors (Lipinski definition) is 0. The minimum absolute atomic E-state index is 0.541. The Hall–Kier alpha value is 0.662. The molecule has 0 unspecified atom stereocenters. The third kappa shape index (κ3) is 1.57. The summed E-state index contributed by atoms with van der Waals surface area (Å²) in [5, 5.41) is 0. The van der Waals surface area contributed by atoms with E-state index in [-0.39, 0.29) is 0 Å². The second kappa shape index (κ2) is 1.83. The van der Waals surface area contributed by atoms with Gasteiger partial charge < -0.3 is 0 Å². The Morgan fingerprint density at radius 3 is 1.56 bits per heavy atom. The van der Waals surface area contributed by atoms with Gasteiger partial charge in [0.2, 0.25) is 0 Å². The van der Waals surface area contributed by atoms with E-state index in [1.807, 2.05) is 3.13 Å². The van der Waals surface area contributed by atoms with Crippen LogP contribution in [0.2, 0.25) is 13.4 Å². The molecular formula is C8H16Pb. The van der Waals surface area contributed by atoms with Crippen LogP contribution in [-0.4, -0.2) is 21.2 Å². The van der Waals surface area contributed by atoms with Crippen LogP contribution in [0.3, 0.4) is 0 Å². The molecule has 0 spiro atoms. The second-order valence-corrected chi connectivity index (χ2v) is 24.1. The van der Waals surface area contributed by atoms with Crippen molar-refractivity contribution in [2.45, 2.75) is 27.3 Å². The predicted molar refractivity (Wildman–Crippen MR) is 45.2 cm³/mol. The monoisotopic (exact) mass is 320 g/mol. The average Bonchev–Trinajstić information content (AvgIpc) is 2.10. The average molecular weight is 319 g/mol. The first-order chi connectivity index (χ1) is 3.84. The van der Waals surface area contributed by atoms with Crippen molar-refractivity contribution in [1.29, 1.82) is 0 Å². The molecule has 0 nitrogen and oxygen atoms in total. The summed E-state index contributed by atoms with van der Waals surface area (Å²) in [6, 6.07) is 0. The SMILES string of the molecule is CC1(C)C=[C]1[Pb]([CH3])([CH3])[CH3]. The van der Waals surface area contributed by atoms with E-state index in [0.29, 0.717) is 5.41 Å². The maximum absolute atomic E-state index is 2.49. The van der Waals surface area contributed by atoms with Gasteiger partial charge in [0, 0.05) is 0 Å². The van der Waals surface area contributed by atoms with E-state index in [4.69, 9.17) is 0 Å². The first-order valence-electron chi connectivity index (χ1n) is 3.58. The van der Waals surface area contributed by atoms with E-state index in [2.05, 4.69) is 33.4 Å². The fourth-order valence-corrected chi connectivity index (χ4v) is 12.1. The predicted octanol–water partition coefficient (Wildman–Crippen LogP) is 2.83. The van der Waals surface area contributed by atoms with Crippen LogP contribution < -0.4 is 0 Å². The van der Waals surface area contributed by atoms with Crippen molar-refractivity contribution < 1.29 is 0 Å². The summed E-state index contributed by atoms with van der Waals surface area (Å²) >= 11 is -1.68. The third-order valence-electron chi connectivity index (χ3n) is 1.92. The molecule has 0 aromatic heterocycles. The van der Waals surface area contributed by atoms with Gasteiger partial charge in [-0.2, -0.15) is 0 Å². The molecule has 0 saturated heterocycles. The van der Waals surface area contributed by atoms with Crippen molar-refractivity contribution in [2.24, 2.45) is 5.41 Å². The zero-order chi connectivity index (χ0) is 7.28. The van der Waals surface area contributed by atoms with Gasteiger partial charge in [0.25, 0.3) is 0 Å². The quantitative estimate of drug-likeness (QED) is 0.652. The fraction of sp³-hybridized carbons (Fsp3) is 0.750. The standard InChI is InChI=1S/C5H7.3CH3.Pb/c1-5(2)3-4-5;;;;/h3H,1-2H3;3*1H3;. The molecule has 0 bridgehead atoms. The summed E-state index contributed by atoms with van der Waals surface area (Å²) in [6.45, 7) is 4.65. The molecule has 0 fully saturated rings. The summed E-state index contributed by atoms with van der Waals surface area (Å²) in [4.78, 5) is 0. The van der Waals surface area contributed by atoms with Crippen molar-refractivity contribution >= 4 is 21.2 Å². The Kier molecular flexibility index (Phi) is 1.58. The molecule has 0 aromatic carbocycles. The molecule has 1 aliphatic carbocycles. The summed E-state index contributed by atoms with van der Waals surface area (Å²) in [7, 11) is 0. The van der Waals surface area contributed by atoms with Gasteiger partial charge in [-0.15, -0.1) is 0 Å². The Morgan fingerprint density at radius 1 is 1.22 bits per heavy atom. The molecule has 1 aliphatic rings. The van der Waals surface area contributed by atoms with Crippen LogP contribution >= 0.6 is 0 Å². The van der Waals surface area contributed by atoms with E-state index in [0.717, 1.165) is 0 Å². The maximum atomic E-state index is 2.49. The van der Waals surface area contributed by atoms with Crippen LogP contribution in [0.15, 0.2) is 9.21 Å². The Morgan fingerprint density at radius 2 is 1.56 bits per heavy atom. The van der Waals surface area contributed by atoms with Crippen LogP contribution in [0.1, 0.15) is 13.8 Å². The summed E-state index contributed by atoms with van der Waals surface area (Å²) in [5.74, 6) is 0. The van der Waals surface area contributed by atoms with Crippen molar-refractivity contribution in [3.8, 4) is 0 Å². The first kappa shape index (κ1) is 7.77. The normalized spacial score (nSPS) is 23.4. The minimum atomic E-state index is -1.68. The summed E-state index contributed by atoms with van der Waals surface area (Å²) in [5.41, 5.74) is 0.541. The Balaban J connectivity index is 2.62. The molecule has 0 radical (unpaired) electrons. The molecule has 52 valence electrons. The van der Waals surface area contributed by atoms with Gasteiger partial charge in [0.05, 0.1) is 0 Å². The molecule has 0 saturated carbocycles. The van der Waals surface area contributed by atoms with E-state index in [9.17, 15) is 0 Å². The van der Waals surface area contributed by atoms with Crippen LogP contribution in [0.25, 0.3) is 0 Å². The molecule has 1 rings (SSSR count). The molecular weight excluding hydrogens is 303 g/mol. The van der Waals surface area contributed by atoms with E-state index >= 15 is 0 Å². The Labute approximate surface area is 63.0 Å². The third-order valence-corrected chi connectivity index (χ3v) is 11.3. The molecule has 0 aromatic rings. The van der Waals surface area contributed by atoms with Crippen molar-refractivity contribution in [1.82, 2.24) is 0 Å². The molecule has 0 heterocycles. The number of hydrogen-bond donors (Lipinski definition) is 0. The van der Waals surface area contributed by atoms with E-state index < -0.39 is 21.2 Å². The topological polar surface area (TPSA) is 0 Å². The van der Waals surface area contributed by atoms with Gasteiger partial charge in [-0.3, -0.25) is 0 Å².